The molecule has 3 rings (SSSR count). The second-order valence-electron chi connectivity index (χ2n) is 5.06. The Morgan fingerprint density at radius 2 is 1.71 bits per heavy atom. The molecule has 0 aromatic carbocycles. The number of aliphatic hydroxyl groups excluding tert-OH is 3. The largest absolute Gasteiger partial charge is 0.387 e. The van der Waals surface area contributed by atoms with Crippen LogP contribution in [0, 0.1) is 0 Å². The molecule has 3 aliphatic rings. The average molecular weight is 246 g/mol. The van der Waals surface area contributed by atoms with Gasteiger partial charge in [0.05, 0.1) is 6.61 Å². The van der Waals surface area contributed by atoms with Crippen LogP contribution in [-0.4, -0.2) is 58.4 Å². The molecule has 6 heteroatoms. The molecule has 0 bridgehead atoms. The van der Waals surface area contributed by atoms with Gasteiger partial charge in [-0.2, -0.15) is 0 Å². The summed E-state index contributed by atoms with van der Waals surface area (Å²) in [5.74, 6) is -0.618. The summed E-state index contributed by atoms with van der Waals surface area (Å²) in [6.45, 7) is 0.283. The summed E-state index contributed by atoms with van der Waals surface area (Å²) < 4.78 is 16.6. The normalized spacial score (nSPS) is 49.2. The van der Waals surface area contributed by atoms with E-state index in [0.717, 1.165) is 25.7 Å². The van der Waals surface area contributed by atoms with Crippen LogP contribution in [0.3, 0.4) is 0 Å². The maximum atomic E-state index is 9.92. The molecule has 1 saturated carbocycles. The Kier molecular flexibility index (Phi) is 2.89. The van der Waals surface area contributed by atoms with Gasteiger partial charge in [-0.1, -0.05) is 0 Å². The monoisotopic (exact) mass is 246 g/mol. The molecule has 2 aliphatic heterocycles. The van der Waals surface area contributed by atoms with Crippen LogP contribution >= 0.6 is 0 Å². The van der Waals surface area contributed by atoms with Crippen molar-refractivity contribution in [2.75, 3.05) is 6.61 Å². The van der Waals surface area contributed by atoms with Gasteiger partial charge < -0.3 is 29.5 Å². The summed E-state index contributed by atoms with van der Waals surface area (Å²) in [7, 11) is 0. The van der Waals surface area contributed by atoms with Crippen molar-refractivity contribution in [1.82, 2.24) is 0 Å². The summed E-state index contributed by atoms with van der Waals surface area (Å²) >= 11 is 0. The third-order valence-electron chi connectivity index (χ3n) is 3.89. The molecule has 5 atom stereocenters. The second kappa shape index (κ2) is 4.15. The van der Waals surface area contributed by atoms with Crippen molar-refractivity contribution >= 4 is 0 Å². The van der Waals surface area contributed by atoms with Crippen molar-refractivity contribution in [2.24, 2.45) is 0 Å². The summed E-state index contributed by atoms with van der Waals surface area (Å²) in [5.41, 5.74) is 0. The van der Waals surface area contributed by atoms with Gasteiger partial charge in [0, 0.05) is 12.8 Å². The zero-order chi connectivity index (χ0) is 12.0. The van der Waals surface area contributed by atoms with Crippen molar-refractivity contribution in [1.29, 1.82) is 0 Å². The number of hydrogen-bond donors (Lipinski definition) is 3. The third kappa shape index (κ3) is 1.89. The fraction of sp³-hybridized carbons (Fsp3) is 1.00. The fourth-order valence-electron chi connectivity index (χ4n) is 2.89. The van der Waals surface area contributed by atoms with Crippen LogP contribution in [0.25, 0.3) is 0 Å². The lowest BCUT2D eigenvalue weighted by Crippen LogP contribution is -2.64. The average Bonchev–Trinajstić information content (AvgIpc) is 2.76. The van der Waals surface area contributed by atoms with E-state index >= 15 is 0 Å². The highest BCUT2D eigenvalue weighted by molar-refractivity contribution is 4.95. The van der Waals surface area contributed by atoms with Gasteiger partial charge in [0.15, 0.2) is 12.1 Å². The van der Waals surface area contributed by atoms with Crippen LogP contribution in [0.1, 0.15) is 25.7 Å². The van der Waals surface area contributed by atoms with Crippen molar-refractivity contribution in [2.45, 2.75) is 62.2 Å². The van der Waals surface area contributed by atoms with E-state index in [2.05, 4.69) is 0 Å². The Bertz CT molecular complexity index is 288. The van der Waals surface area contributed by atoms with Crippen LogP contribution in [0.4, 0.5) is 0 Å². The maximum absolute atomic E-state index is 9.92. The van der Waals surface area contributed by atoms with Gasteiger partial charge in [-0.05, 0) is 12.8 Å². The van der Waals surface area contributed by atoms with Gasteiger partial charge in [0.25, 0.3) is 0 Å². The molecule has 3 fully saturated rings. The van der Waals surface area contributed by atoms with E-state index in [4.69, 9.17) is 14.2 Å². The lowest BCUT2D eigenvalue weighted by Gasteiger charge is -2.48. The molecule has 17 heavy (non-hydrogen) atoms. The zero-order valence-electron chi connectivity index (χ0n) is 9.49. The van der Waals surface area contributed by atoms with E-state index in [1.54, 1.807) is 0 Å². The molecule has 98 valence electrons. The number of hydrogen-bond acceptors (Lipinski definition) is 6. The van der Waals surface area contributed by atoms with Crippen LogP contribution in [0.5, 0.6) is 0 Å². The van der Waals surface area contributed by atoms with Gasteiger partial charge in [-0.3, -0.25) is 0 Å². The molecule has 2 heterocycles. The molecule has 0 amide bonds. The topological polar surface area (TPSA) is 88.4 Å². The molecule has 5 unspecified atom stereocenters. The van der Waals surface area contributed by atoms with E-state index in [-0.39, 0.29) is 6.61 Å². The van der Waals surface area contributed by atoms with Crippen LogP contribution in [0.2, 0.25) is 0 Å². The summed E-state index contributed by atoms with van der Waals surface area (Å²) in [5, 5.41) is 28.9. The molecule has 0 aromatic rings. The molecular formula is C11H18O6. The quantitative estimate of drug-likeness (QED) is 0.514. The van der Waals surface area contributed by atoms with Crippen molar-refractivity contribution < 1.29 is 29.5 Å². The number of aliphatic hydroxyl groups is 3. The molecule has 3 N–H and O–H groups in total. The van der Waals surface area contributed by atoms with E-state index in [1.807, 2.05) is 0 Å². The Labute approximate surface area is 99.1 Å². The molecule has 0 aromatic heterocycles. The van der Waals surface area contributed by atoms with Crippen LogP contribution in [-0.2, 0) is 14.2 Å². The van der Waals surface area contributed by atoms with Crippen molar-refractivity contribution in [3.8, 4) is 0 Å². The molecular weight excluding hydrogens is 228 g/mol. The molecule has 6 nitrogen and oxygen atoms in total. The lowest BCUT2D eigenvalue weighted by molar-refractivity contribution is -0.384. The minimum Gasteiger partial charge on any atom is -0.387 e. The highest BCUT2D eigenvalue weighted by atomic mass is 16.7. The van der Waals surface area contributed by atoms with E-state index in [1.165, 1.54) is 0 Å². The van der Waals surface area contributed by atoms with Crippen molar-refractivity contribution in [3.63, 3.8) is 0 Å². The molecule has 1 spiro atoms. The predicted octanol–water partition coefficient (Wildman–Crippen LogP) is -0.889. The minimum atomic E-state index is -1.38. The Morgan fingerprint density at radius 3 is 2.41 bits per heavy atom. The standard InChI is InChI=1S/C11H18O6/c12-7-8(13)10(14)16-6-5-15-11(17-9(6)7)3-1-2-4-11/h6-10,12-14H,1-5H2. The number of rotatable bonds is 0. The van der Waals surface area contributed by atoms with Crippen LogP contribution in [0.15, 0.2) is 0 Å². The maximum Gasteiger partial charge on any atom is 0.184 e. The summed E-state index contributed by atoms with van der Waals surface area (Å²) in [4.78, 5) is 0. The second-order valence-corrected chi connectivity index (χ2v) is 5.06. The fourth-order valence-corrected chi connectivity index (χ4v) is 2.89. The minimum absolute atomic E-state index is 0.283. The first-order valence-corrected chi connectivity index (χ1v) is 6.13. The highest BCUT2D eigenvalue weighted by Gasteiger charge is 2.53. The highest BCUT2D eigenvalue weighted by Crippen LogP contribution is 2.41. The summed E-state index contributed by atoms with van der Waals surface area (Å²) in [6, 6.07) is 0. The lowest BCUT2D eigenvalue weighted by atomic mass is 9.97. The van der Waals surface area contributed by atoms with Gasteiger partial charge in [-0.25, -0.2) is 0 Å². The first-order chi connectivity index (χ1) is 8.11. The molecule has 1 aliphatic carbocycles. The third-order valence-corrected chi connectivity index (χ3v) is 3.89. The zero-order valence-corrected chi connectivity index (χ0v) is 9.49. The van der Waals surface area contributed by atoms with E-state index < -0.39 is 36.5 Å². The Morgan fingerprint density at radius 1 is 1.00 bits per heavy atom. The summed E-state index contributed by atoms with van der Waals surface area (Å²) in [6.07, 6.45) is -1.29. The van der Waals surface area contributed by atoms with Gasteiger partial charge in [0.1, 0.15) is 24.4 Å². The SMILES string of the molecule is OC1OC2COC3(CCCC3)OC2C(O)C1O. The van der Waals surface area contributed by atoms with Gasteiger partial charge in [0.2, 0.25) is 0 Å². The Balaban J connectivity index is 1.76. The number of fused-ring (bicyclic) bond motifs is 1. The number of ether oxygens (including phenoxy) is 3. The predicted molar refractivity (Wildman–Crippen MR) is 54.9 cm³/mol. The van der Waals surface area contributed by atoms with Gasteiger partial charge in [-0.15, -0.1) is 0 Å². The molecule has 2 saturated heterocycles. The molecule has 0 radical (unpaired) electrons. The smallest absolute Gasteiger partial charge is 0.184 e. The van der Waals surface area contributed by atoms with Crippen molar-refractivity contribution in [3.05, 3.63) is 0 Å². The Hall–Kier alpha value is -0.240. The van der Waals surface area contributed by atoms with E-state index in [9.17, 15) is 15.3 Å². The van der Waals surface area contributed by atoms with E-state index in [0.29, 0.717) is 0 Å². The van der Waals surface area contributed by atoms with Gasteiger partial charge >= 0.3 is 0 Å². The van der Waals surface area contributed by atoms with Crippen LogP contribution < -0.4 is 0 Å². The first-order valence-electron chi connectivity index (χ1n) is 6.13. The first kappa shape index (κ1) is 11.8.